The van der Waals surface area contributed by atoms with Gasteiger partial charge in [-0.15, -0.1) is 0 Å². The van der Waals surface area contributed by atoms with E-state index in [1.807, 2.05) is 43.3 Å². The van der Waals surface area contributed by atoms with Gasteiger partial charge in [0.25, 0.3) is 0 Å². The highest BCUT2D eigenvalue weighted by atomic mass is 35.5. The Morgan fingerprint density at radius 3 is 2.41 bits per heavy atom. The smallest absolute Gasteiger partial charge is 0.341 e. The van der Waals surface area contributed by atoms with Crippen molar-refractivity contribution in [2.75, 3.05) is 5.73 Å². The molecule has 1 aliphatic carbocycles. The molecule has 1 aliphatic heterocycles. The summed E-state index contributed by atoms with van der Waals surface area (Å²) in [4.78, 5) is 12.8. The minimum absolute atomic E-state index is 0.373. The first kappa shape index (κ1) is 17.9. The molecule has 0 unspecified atom stereocenters. The van der Waals surface area contributed by atoms with Crippen LogP contribution in [0.3, 0.4) is 0 Å². The molecule has 0 bridgehead atoms. The van der Waals surface area contributed by atoms with Crippen molar-refractivity contribution in [2.45, 2.75) is 44.6 Å². The first-order valence-corrected chi connectivity index (χ1v) is 9.70. The monoisotopic (exact) mass is 382 g/mol. The van der Waals surface area contributed by atoms with Crippen LogP contribution in [0.25, 0.3) is 16.7 Å². The lowest BCUT2D eigenvalue weighted by Crippen LogP contribution is -2.37. The van der Waals surface area contributed by atoms with E-state index in [0.29, 0.717) is 27.5 Å². The molecule has 0 atom stereocenters. The first-order valence-electron chi connectivity index (χ1n) is 9.32. The number of halogens is 1. The van der Waals surface area contributed by atoms with Crippen LogP contribution < -0.4 is 11.5 Å². The van der Waals surface area contributed by atoms with E-state index >= 15 is 0 Å². The molecule has 1 fully saturated rings. The third kappa shape index (κ3) is 2.79. The van der Waals surface area contributed by atoms with Crippen LogP contribution in [0.1, 0.15) is 43.2 Å². The third-order valence-electron chi connectivity index (χ3n) is 5.75. The van der Waals surface area contributed by atoms with E-state index in [1.165, 1.54) is 0 Å². The summed E-state index contributed by atoms with van der Waals surface area (Å²) in [6, 6.07) is 11.8. The van der Waals surface area contributed by atoms with Crippen molar-refractivity contribution in [1.82, 2.24) is 0 Å². The van der Waals surface area contributed by atoms with Gasteiger partial charge in [-0.05, 0) is 49.8 Å². The summed E-state index contributed by atoms with van der Waals surface area (Å²) >= 11 is 6.62. The van der Waals surface area contributed by atoms with Crippen LogP contribution in [0.5, 0.6) is 0 Å². The fraction of sp³-hybridized carbons (Fsp3) is 0.318. The zero-order valence-corrected chi connectivity index (χ0v) is 16.1. The maximum Gasteiger partial charge on any atom is 0.341 e. The summed E-state index contributed by atoms with van der Waals surface area (Å²) in [7, 11) is 0. The van der Waals surface area contributed by atoms with Gasteiger partial charge in [0.05, 0.1) is 22.0 Å². The van der Waals surface area contributed by atoms with Crippen molar-refractivity contribution in [3.63, 3.8) is 0 Å². The van der Waals surface area contributed by atoms with Crippen molar-refractivity contribution in [1.29, 1.82) is 0 Å². The number of carbonyl (C=O) groups excluding carboxylic acids is 1. The lowest BCUT2D eigenvalue weighted by Gasteiger charge is -2.32. The van der Waals surface area contributed by atoms with E-state index in [0.717, 1.165) is 48.8 Å². The molecular formula is C22H23ClN2O2. The summed E-state index contributed by atoms with van der Waals surface area (Å²) in [6.45, 7) is 1.92. The molecule has 4 nitrogen and oxygen atoms in total. The highest BCUT2D eigenvalue weighted by Gasteiger charge is 2.48. The van der Waals surface area contributed by atoms with E-state index in [1.54, 1.807) is 0 Å². The number of rotatable bonds is 2. The number of ether oxygens (including phenoxy) is 1. The number of aryl methyl sites for hydroxylation is 1. The molecule has 27 heavy (non-hydrogen) atoms. The van der Waals surface area contributed by atoms with Crippen LogP contribution in [-0.2, 0) is 9.53 Å². The van der Waals surface area contributed by atoms with E-state index in [-0.39, 0.29) is 0 Å². The van der Waals surface area contributed by atoms with Crippen LogP contribution in [0.4, 0.5) is 5.69 Å². The highest BCUT2D eigenvalue weighted by Crippen LogP contribution is 2.47. The summed E-state index contributed by atoms with van der Waals surface area (Å²) in [6.07, 6.45) is 4.68. The van der Waals surface area contributed by atoms with Gasteiger partial charge in [-0.2, -0.15) is 0 Å². The molecule has 0 aromatic heterocycles. The molecule has 4 rings (SSSR count). The van der Waals surface area contributed by atoms with Crippen molar-refractivity contribution < 1.29 is 9.53 Å². The van der Waals surface area contributed by atoms with Crippen molar-refractivity contribution in [3.05, 3.63) is 58.2 Å². The zero-order chi connectivity index (χ0) is 19.2. The molecule has 5 heteroatoms. The lowest BCUT2D eigenvalue weighted by molar-refractivity contribution is -0.147. The van der Waals surface area contributed by atoms with Crippen molar-refractivity contribution in [3.8, 4) is 11.1 Å². The van der Waals surface area contributed by atoms with Gasteiger partial charge in [-0.3, -0.25) is 0 Å². The van der Waals surface area contributed by atoms with E-state index < -0.39 is 11.6 Å². The Kier molecular flexibility index (Phi) is 4.39. The second-order valence-electron chi connectivity index (χ2n) is 7.44. The SMILES string of the molecule is Cc1cc(-c2ccccc2)c(Cl)c(N)c1C1=C(N)C2(CCCCC2)OC1=O. The Labute approximate surface area is 164 Å². The maximum absolute atomic E-state index is 12.8. The Bertz CT molecular complexity index is 945. The van der Waals surface area contributed by atoms with Crippen LogP contribution >= 0.6 is 11.6 Å². The molecule has 1 heterocycles. The van der Waals surface area contributed by atoms with Gasteiger partial charge in [-0.1, -0.05) is 48.4 Å². The predicted octanol–water partition coefficient (Wildman–Crippen LogP) is 4.83. The van der Waals surface area contributed by atoms with Gasteiger partial charge in [0, 0.05) is 11.1 Å². The molecule has 2 aliphatic rings. The zero-order valence-electron chi connectivity index (χ0n) is 15.3. The molecule has 0 saturated heterocycles. The van der Waals surface area contributed by atoms with Crippen LogP contribution in [0, 0.1) is 6.92 Å². The quantitative estimate of drug-likeness (QED) is 0.576. The molecule has 2 aromatic carbocycles. The van der Waals surface area contributed by atoms with Crippen molar-refractivity contribution in [2.24, 2.45) is 5.73 Å². The number of nitrogen functional groups attached to an aromatic ring is 1. The summed E-state index contributed by atoms with van der Waals surface area (Å²) in [5, 5.41) is 0.430. The van der Waals surface area contributed by atoms with E-state index in [4.69, 9.17) is 27.8 Å². The topological polar surface area (TPSA) is 78.3 Å². The number of esters is 1. The minimum atomic E-state index is -0.672. The second-order valence-corrected chi connectivity index (χ2v) is 7.82. The van der Waals surface area contributed by atoms with Crippen LogP contribution in [-0.4, -0.2) is 11.6 Å². The minimum Gasteiger partial charge on any atom is -0.449 e. The van der Waals surface area contributed by atoms with E-state index in [2.05, 4.69) is 0 Å². The maximum atomic E-state index is 12.8. The van der Waals surface area contributed by atoms with Gasteiger partial charge in [-0.25, -0.2) is 4.79 Å². The largest absolute Gasteiger partial charge is 0.449 e. The Morgan fingerprint density at radius 2 is 1.74 bits per heavy atom. The Hall–Kier alpha value is -2.46. The van der Waals surface area contributed by atoms with Gasteiger partial charge >= 0.3 is 5.97 Å². The van der Waals surface area contributed by atoms with Gasteiger partial charge < -0.3 is 16.2 Å². The molecule has 0 amide bonds. The molecule has 1 saturated carbocycles. The standard InChI is InChI=1S/C22H23ClN2O2/c1-13-12-15(14-8-4-2-5-9-14)18(23)19(24)16(13)17-20(25)22(27-21(17)26)10-6-3-7-11-22/h2,4-5,8-9,12H,3,6-7,10-11,24-25H2,1H3. The third-order valence-corrected chi connectivity index (χ3v) is 6.15. The predicted molar refractivity (Wildman–Crippen MR) is 109 cm³/mol. The number of hydrogen-bond acceptors (Lipinski definition) is 4. The molecule has 0 radical (unpaired) electrons. The number of hydrogen-bond donors (Lipinski definition) is 2. The summed E-state index contributed by atoms with van der Waals surface area (Å²) in [5.41, 5.74) is 16.8. The summed E-state index contributed by atoms with van der Waals surface area (Å²) < 4.78 is 5.80. The first-order chi connectivity index (χ1) is 12.9. The van der Waals surface area contributed by atoms with Gasteiger partial charge in [0.15, 0.2) is 5.60 Å². The molecule has 4 N–H and O–H groups in total. The van der Waals surface area contributed by atoms with Crippen LogP contribution in [0.2, 0.25) is 5.02 Å². The number of benzene rings is 2. The Morgan fingerprint density at radius 1 is 1.07 bits per heavy atom. The van der Waals surface area contributed by atoms with E-state index in [9.17, 15) is 4.79 Å². The molecule has 140 valence electrons. The molecule has 2 aromatic rings. The average molecular weight is 383 g/mol. The highest BCUT2D eigenvalue weighted by molar-refractivity contribution is 6.37. The number of anilines is 1. The average Bonchev–Trinajstić information content (AvgIpc) is 2.90. The van der Waals surface area contributed by atoms with Crippen LogP contribution in [0.15, 0.2) is 42.1 Å². The second kappa shape index (κ2) is 6.61. The number of nitrogens with two attached hydrogens (primary N) is 2. The fourth-order valence-corrected chi connectivity index (χ4v) is 4.59. The fourth-order valence-electron chi connectivity index (χ4n) is 4.33. The lowest BCUT2D eigenvalue weighted by atomic mass is 9.81. The van der Waals surface area contributed by atoms with Crippen molar-refractivity contribution >= 4 is 28.8 Å². The molecular weight excluding hydrogens is 360 g/mol. The van der Waals surface area contributed by atoms with Gasteiger partial charge in [0.1, 0.15) is 0 Å². The molecule has 1 spiro atoms. The number of carbonyl (C=O) groups is 1. The normalized spacial score (nSPS) is 18.8. The van der Waals surface area contributed by atoms with Gasteiger partial charge in [0.2, 0.25) is 0 Å². The Balaban J connectivity index is 1.87. The summed E-state index contributed by atoms with van der Waals surface area (Å²) in [5.74, 6) is -0.396.